The number of fused-ring (bicyclic) bond motifs is 1. The molecule has 166 valence electrons. The molecule has 3 heterocycles. The summed E-state index contributed by atoms with van der Waals surface area (Å²) in [4.78, 5) is 32.3. The molecular weight excluding hydrogens is 450 g/mol. The van der Waals surface area contributed by atoms with Crippen molar-refractivity contribution < 1.29 is 14.3 Å². The molecule has 0 unspecified atom stereocenters. The molecule has 0 saturated carbocycles. The molecule has 2 aliphatic rings. The molecule has 9 heteroatoms. The van der Waals surface area contributed by atoms with Gasteiger partial charge in [0, 0.05) is 23.4 Å². The molecule has 2 aliphatic heterocycles. The van der Waals surface area contributed by atoms with Crippen molar-refractivity contribution in [3.63, 3.8) is 0 Å². The van der Waals surface area contributed by atoms with E-state index in [1.165, 1.54) is 34.8 Å². The van der Waals surface area contributed by atoms with Gasteiger partial charge in [-0.05, 0) is 56.4 Å². The summed E-state index contributed by atoms with van der Waals surface area (Å²) in [6, 6.07) is 7.88. The molecule has 1 N–H and O–H groups in total. The van der Waals surface area contributed by atoms with Crippen molar-refractivity contribution >= 4 is 52.0 Å². The zero-order valence-corrected chi connectivity index (χ0v) is 20.4. The van der Waals surface area contributed by atoms with Crippen LogP contribution in [0.1, 0.15) is 58.3 Å². The number of nitrogens with zero attached hydrogens (tertiary/aromatic N) is 2. The van der Waals surface area contributed by atoms with Crippen molar-refractivity contribution in [1.29, 1.82) is 0 Å². The molecule has 6 nitrogen and oxygen atoms in total. The zero-order valence-electron chi connectivity index (χ0n) is 18.0. The van der Waals surface area contributed by atoms with Crippen molar-refractivity contribution in [2.24, 2.45) is 0 Å². The van der Waals surface area contributed by atoms with Gasteiger partial charge < -0.3 is 9.64 Å². The van der Waals surface area contributed by atoms with Crippen LogP contribution in [-0.2, 0) is 17.7 Å². The Bertz CT molecular complexity index is 947. The largest absolute Gasteiger partial charge is 0.444 e. The summed E-state index contributed by atoms with van der Waals surface area (Å²) >= 11 is 5.37. The predicted octanol–water partition coefficient (Wildman–Crippen LogP) is 5.56. The Hall–Kier alpha value is -1.71. The second-order valence-corrected chi connectivity index (χ2v) is 12.4. The number of ether oxygens (including phenoxy) is 1. The molecule has 1 aromatic carbocycles. The average molecular weight is 478 g/mol. The van der Waals surface area contributed by atoms with E-state index in [1.807, 2.05) is 56.4 Å². The average Bonchev–Trinajstić information content (AvgIpc) is 3.14. The van der Waals surface area contributed by atoms with Crippen LogP contribution in [0, 0.1) is 0 Å². The highest BCUT2D eigenvalue weighted by Gasteiger charge is 2.28. The molecule has 31 heavy (non-hydrogen) atoms. The third-order valence-electron chi connectivity index (χ3n) is 4.88. The first-order chi connectivity index (χ1) is 14.8. The zero-order chi connectivity index (χ0) is 22.0. The lowest BCUT2D eigenvalue weighted by Gasteiger charge is -2.29. The summed E-state index contributed by atoms with van der Waals surface area (Å²) in [7, 11) is 0. The van der Waals surface area contributed by atoms with Crippen LogP contribution in [0.2, 0.25) is 0 Å². The van der Waals surface area contributed by atoms with E-state index >= 15 is 0 Å². The van der Waals surface area contributed by atoms with Crippen molar-refractivity contribution in [1.82, 2.24) is 9.88 Å². The first-order valence-corrected chi connectivity index (χ1v) is 13.3. The summed E-state index contributed by atoms with van der Waals surface area (Å²) in [6.07, 6.45) is 1.61. The third kappa shape index (κ3) is 5.75. The number of carbonyl (C=O) groups excluding carboxylic acids is 2. The topological polar surface area (TPSA) is 71.5 Å². The highest BCUT2D eigenvalue weighted by Crippen LogP contribution is 2.43. The number of amides is 2. The van der Waals surface area contributed by atoms with Crippen molar-refractivity contribution in [2.75, 3.05) is 23.4 Å². The standard InChI is InChI=1S/C22H27N3O3S3/c1-22(2,3)28-21(27)25-10-9-16-17(13-25)31-20(23-16)24-18(26)14-5-7-15(8-6-14)19-29-11-4-12-30-19/h5-8,19H,4,9-13H2,1-3H3,(H,23,24,26). The summed E-state index contributed by atoms with van der Waals surface area (Å²) in [5.74, 6) is 2.23. The smallest absolute Gasteiger partial charge is 0.410 e. The third-order valence-corrected chi connectivity index (χ3v) is 8.89. The fourth-order valence-electron chi connectivity index (χ4n) is 3.37. The Morgan fingerprint density at radius 3 is 2.55 bits per heavy atom. The Morgan fingerprint density at radius 1 is 1.16 bits per heavy atom. The minimum absolute atomic E-state index is 0.161. The van der Waals surface area contributed by atoms with E-state index in [-0.39, 0.29) is 12.0 Å². The van der Waals surface area contributed by atoms with E-state index in [0.29, 0.717) is 34.8 Å². The van der Waals surface area contributed by atoms with Gasteiger partial charge in [0.1, 0.15) is 5.60 Å². The molecule has 0 radical (unpaired) electrons. The van der Waals surface area contributed by atoms with E-state index < -0.39 is 5.60 Å². The van der Waals surface area contributed by atoms with Crippen molar-refractivity contribution in [3.05, 3.63) is 46.0 Å². The molecule has 0 bridgehead atoms. The highest BCUT2D eigenvalue weighted by atomic mass is 32.2. The summed E-state index contributed by atoms with van der Waals surface area (Å²) < 4.78 is 5.94. The van der Waals surface area contributed by atoms with Crippen LogP contribution in [0.4, 0.5) is 9.93 Å². The van der Waals surface area contributed by atoms with Crippen LogP contribution in [0.25, 0.3) is 0 Å². The number of carbonyl (C=O) groups is 2. The quantitative estimate of drug-likeness (QED) is 0.624. The lowest BCUT2D eigenvalue weighted by molar-refractivity contribution is 0.0225. The second kappa shape index (κ2) is 9.42. The van der Waals surface area contributed by atoms with Gasteiger partial charge in [0.05, 0.1) is 16.8 Å². The first-order valence-electron chi connectivity index (χ1n) is 10.4. The predicted molar refractivity (Wildman–Crippen MR) is 129 cm³/mol. The molecule has 0 aliphatic carbocycles. The van der Waals surface area contributed by atoms with Crippen LogP contribution in [0.5, 0.6) is 0 Å². The van der Waals surface area contributed by atoms with Gasteiger partial charge in [-0.25, -0.2) is 9.78 Å². The molecule has 0 spiro atoms. The van der Waals surface area contributed by atoms with Crippen LogP contribution in [0.3, 0.4) is 0 Å². The van der Waals surface area contributed by atoms with E-state index in [4.69, 9.17) is 4.74 Å². The number of thioether (sulfide) groups is 2. The normalized spacial score (nSPS) is 17.2. The summed E-state index contributed by atoms with van der Waals surface area (Å²) in [6.45, 7) is 6.61. The van der Waals surface area contributed by atoms with Gasteiger partial charge in [0.15, 0.2) is 5.13 Å². The first kappa shape index (κ1) is 22.5. The number of hydrogen-bond donors (Lipinski definition) is 1. The summed E-state index contributed by atoms with van der Waals surface area (Å²) in [5, 5.41) is 3.49. The van der Waals surface area contributed by atoms with Gasteiger partial charge in [-0.2, -0.15) is 0 Å². The van der Waals surface area contributed by atoms with Crippen molar-refractivity contribution in [2.45, 2.75) is 50.3 Å². The van der Waals surface area contributed by atoms with Crippen LogP contribution >= 0.6 is 34.9 Å². The highest BCUT2D eigenvalue weighted by molar-refractivity contribution is 8.16. The fraction of sp³-hybridized carbons (Fsp3) is 0.500. The van der Waals surface area contributed by atoms with Gasteiger partial charge in [-0.3, -0.25) is 10.1 Å². The second-order valence-electron chi connectivity index (χ2n) is 8.54. The van der Waals surface area contributed by atoms with Crippen LogP contribution in [-0.4, -0.2) is 45.5 Å². The SMILES string of the molecule is CC(C)(C)OC(=O)N1CCc2nc(NC(=O)c3ccc(C4SCCCS4)cc3)sc2C1. The number of hydrogen-bond acceptors (Lipinski definition) is 7. The minimum Gasteiger partial charge on any atom is -0.444 e. The Kier molecular flexibility index (Phi) is 6.83. The number of aromatic nitrogens is 1. The lowest BCUT2D eigenvalue weighted by atomic mass is 10.1. The molecule has 2 aromatic rings. The molecule has 4 rings (SSSR count). The molecule has 1 aromatic heterocycles. The van der Waals surface area contributed by atoms with E-state index in [9.17, 15) is 9.59 Å². The van der Waals surface area contributed by atoms with Gasteiger partial charge in [-0.15, -0.1) is 23.5 Å². The number of nitrogens with one attached hydrogen (secondary N) is 1. The van der Waals surface area contributed by atoms with Gasteiger partial charge in [0.2, 0.25) is 0 Å². The maximum Gasteiger partial charge on any atom is 0.410 e. The van der Waals surface area contributed by atoms with Crippen LogP contribution in [0.15, 0.2) is 24.3 Å². The number of thiazole rings is 1. The van der Waals surface area contributed by atoms with Gasteiger partial charge >= 0.3 is 6.09 Å². The Labute approximate surface area is 195 Å². The molecular formula is C22H27N3O3S3. The number of rotatable bonds is 3. The number of anilines is 1. The Balaban J connectivity index is 1.37. The fourth-order valence-corrected chi connectivity index (χ4v) is 7.29. The molecule has 1 saturated heterocycles. The van der Waals surface area contributed by atoms with Crippen LogP contribution < -0.4 is 5.32 Å². The lowest BCUT2D eigenvalue weighted by Crippen LogP contribution is -2.39. The molecule has 2 amide bonds. The maximum absolute atomic E-state index is 12.7. The van der Waals surface area contributed by atoms with Gasteiger partial charge in [0.25, 0.3) is 5.91 Å². The molecule has 0 atom stereocenters. The maximum atomic E-state index is 12.7. The van der Waals surface area contributed by atoms with E-state index in [0.717, 1.165) is 10.6 Å². The number of benzene rings is 1. The Morgan fingerprint density at radius 2 is 1.87 bits per heavy atom. The summed E-state index contributed by atoms with van der Waals surface area (Å²) in [5.41, 5.74) is 2.31. The minimum atomic E-state index is -0.520. The van der Waals surface area contributed by atoms with Gasteiger partial charge in [-0.1, -0.05) is 23.5 Å². The van der Waals surface area contributed by atoms with Crippen molar-refractivity contribution in [3.8, 4) is 0 Å². The molecule has 1 fully saturated rings. The van der Waals surface area contributed by atoms with E-state index in [2.05, 4.69) is 22.4 Å². The monoisotopic (exact) mass is 477 g/mol. The van der Waals surface area contributed by atoms with E-state index in [1.54, 1.807) is 4.90 Å².